The normalized spacial score (nSPS) is 9.43. The van der Waals surface area contributed by atoms with Crippen LogP contribution in [-0.4, -0.2) is 28.9 Å². The van der Waals surface area contributed by atoms with Crippen molar-refractivity contribution in [2.45, 2.75) is 6.54 Å². The Hall–Kier alpha value is -2.05. The van der Waals surface area contributed by atoms with Gasteiger partial charge in [0, 0.05) is 12.3 Å². The minimum absolute atomic E-state index is 0.237. The smallest absolute Gasteiger partial charge is 0.317 e. The number of nitrogens with two attached hydrogens (primary N) is 1. The van der Waals surface area contributed by atoms with Crippen molar-refractivity contribution in [3.05, 3.63) is 12.3 Å². The van der Waals surface area contributed by atoms with Gasteiger partial charge in [0.1, 0.15) is 6.61 Å². The molecule has 0 unspecified atom stereocenters. The van der Waals surface area contributed by atoms with E-state index in [0.717, 1.165) is 0 Å². The summed E-state index contributed by atoms with van der Waals surface area (Å²) in [4.78, 5) is 20.2. The van der Waals surface area contributed by atoms with E-state index < -0.39 is 6.03 Å². The Morgan fingerprint density at radius 2 is 2.57 bits per heavy atom. The molecule has 76 valence electrons. The molecule has 0 fully saturated rings. The van der Waals surface area contributed by atoms with Crippen molar-refractivity contribution in [2.75, 3.05) is 11.9 Å². The van der Waals surface area contributed by atoms with Crippen LogP contribution in [0.1, 0.15) is 0 Å². The fourth-order valence-corrected chi connectivity index (χ4v) is 0.873. The van der Waals surface area contributed by atoms with Gasteiger partial charge in [-0.2, -0.15) is 5.10 Å². The zero-order chi connectivity index (χ0) is 10.4. The summed E-state index contributed by atoms with van der Waals surface area (Å²) in [6.07, 6.45) is 1.64. The van der Waals surface area contributed by atoms with Crippen LogP contribution in [-0.2, 0) is 16.1 Å². The van der Waals surface area contributed by atoms with E-state index in [0.29, 0.717) is 18.8 Å². The second kappa shape index (κ2) is 4.85. The van der Waals surface area contributed by atoms with Crippen LogP contribution in [0.3, 0.4) is 0 Å². The predicted octanol–water partition coefficient (Wildman–Crippen LogP) is -0.453. The molecule has 3 N–H and O–H groups in total. The molecule has 1 rings (SSSR count). The van der Waals surface area contributed by atoms with E-state index in [9.17, 15) is 9.59 Å². The third-order valence-corrected chi connectivity index (χ3v) is 1.40. The van der Waals surface area contributed by atoms with Gasteiger partial charge in [0.15, 0.2) is 5.82 Å². The van der Waals surface area contributed by atoms with E-state index in [2.05, 4.69) is 15.2 Å². The second-order valence-corrected chi connectivity index (χ2v) is 2.42. The lowest BCUT2D eigenvalue weighted by atomic mass is 10.6. The molecule has 14 heavy (non-hydrogen) atoms. The molecule has 0 aromatic carbocycles. The van der Waals surface area contributed by atoms with E-state index >= 15 is 0 Å². The van der Waals surface area contributed by atoms with E-state index in [4.69, 9.17) is 5.73 Å². The minimum atomic E-state index is -0.667. The number of hydrogen-bond acceptors (Lipinski definition) is 4. The summed E-state index contributed by atoms with van der Waals surface area (Å²) in [6, 6.07) is 0.922. The highest BCUT2D eigenvalue weighted by Gasteiger charge is 2.00. The number of primary amides is 1. The van der Waals surface area contributed by atoms with Crippen LogP contribution in [0.5, 0.6) is 0 Å². The lowest BCUT2D eigenvalue weighted by Crippen LogP contribution is -2.19. The number of amides is 2. The first-order valence-corrected chi connectivity index (χ1v) is 3.87. The van der Waals surface area contributed by atoms with Crippen molar-refractivity contribution in [2.24, 2.45) is 5.73 Å². The van der Waals surface area contributed by atoms with Gasteiger partial charge in [0.25, 0.3) is 6.47 Å². The Kier molecular flexibility index (Phi) is 3.48. The van der Waals surface area contributed by atoms with Gasteiger partial charge in [0.2, 0.25) is 0 Å². The molecule has 0 radical (unpaired) electrons. The standard InChI is InChI=1S/C7H10N4O3/c8-7(13)9-6-1-2-11(10-6)3-4-14-5-12/h1-2,5H,3-4H2,(H3,8,9,10,13). The van der Waals surface area contributed by atoms with Crippen LogP contribution >= 0.6 is 0 Å². The lowest BCUT2D eigenvalue weighted by molar-refractivity contribution is -0.128. The number of rotatable bonds is 5. The molecular weight excluding hydrogens is 188 g/mol. The molecule has 0 aliphatic heterocycles. The van der Waals surface area contributed by atoms with Crippen LogP contribution in [0.4, 0.5) is 10.6 Å². The number of ether oxygens (including phenoxy) is 1. The zero-order valence-electron chi connectivity index (χ0n) is 7.34. The average Bonchev–Trinajstić information content (AvgIpc) is 2.52. The predicted molar refractivity (Wildman–Crippen MR) is 47.4 cm³/mol. The quantitative estimate of drug-likeness (QED) is 0.494. The number of carbonyl (C=O) groups excluding carboxylic acids is 2. The molecule has 1 aromatic rings. The topological polar surface area (TPSA) is 99.2 Å². The van der Waals surface area contributed by atoms with Crippen LogP contribution in [0, 0.1) is 0 Å². The number of anilines is 1. The van der Waals surface area contributed by atoms with Gasteiger partial charge in [-0.05, 0) is 0 Å². The molecule has 0 aliphatic carbocycles. The number of aromatic nitrogens is 2. The number of hydrogen-bond donors (Lipinski definition) is 2. The first-order valence-electron chi connectivity index (χ1n) is 3.87. The molecule has 0 spiro atoms. The van der Waals surface area contributed by atoms with Crippen LogP contribution in [0.15, 0.2) is 12.3 Å². The number of nitrogens with one attached hydrogen (secondary N) is 1. The molecule has 0 saturated carbocycles. The monoisotopic (exact) mass is 198 g/mol. The van der Waals surface area contributed by atoms with E-state index in [1.165, 1.54) is 4.68 Å². The Morgan fingerprint density at radius 1 is 1.79 bits per heavy atom. The highest BCUT2D eigenvalue weighted by Crippen LogP contribution is 2.00. The van der Waals surface area contributed by atoms with Crippen molar-refractivity contribution in [3.63, 3.8) is 0 Å². The van der Waals surface area contributed by atoms with Crippen LogP contribution in [0.2, 0.25) is 0 Å². The van der Waals surface area contributed by atoms with Crippen molar-refractivity contribution in [1.82, 2.24) is 9.78 Å². The zero-order valence-corrected chi connectivity index (χ0v) is 7.34. The van der Waals surface area contributed by atoms with Crippen molar-refractivity contribution < 1.29 is 14.3 Å². The molecule has 1 aromatic heterocycles. The highest BCUT2D eigenvalue weighted by molar-refractivity contribution is 5.86. The van der Waals surface area contributed by atoms with E-state index in [-0.39, 0.29) is 6.61 Å². The lowest BCUT2D eigenvalue weighted by Gasteiger charge is -1.99. The maximum absolute atomic E-state index is 10.4. The molecular formula is C7H10N4O3. The maximum atomic E-state index is 10.4. The molecule has 7 heteroatoms. The Morgan fingerprint density at radius 3 is 3.21 bits per heavy atom. The molecule has 1 heterocycles. The summed E-state index contributed by atoms with van der Waals surface area (Å²) in [7, 11) is 0. The maximum Gasteiger partial charge on any atom is 0.317 e. The average molecular weight is 198 g/mol. The molecule has 0 atom stereocenters. The molecule has 0 bridgehead atoms. The Labute approximate surface area is 79.8 Å². The first kappa shape index (κ1) is 10.0. The van der Waals surface area contributed by atoms with Gasteiger partial charge in [-0.25, -0.2) is 4.79 Å². The van der Waals surface area contributed by atoms with E-state index in [1.807, 2.05) is 0 Å². The fourth-order valence-electron chi connectivity index (χ4n) is 0.873. The largest absolute Gasteiger partial charge is 0.466 e. The fraction of sp³-hybridized carbons (Fsp3) is 0.286. The third kappa shape index (κ3) is 3.13. The molecule has 7 nitrogen and oxygen atoms in total. The van der Waals surface area contributed by atoms with Crippen LogP contribution in [0.25, 0.3) is 0 Å². The number of urea groups is 1. The highest BCUT2D eigenvalue weighted by atomic mass is 16.5. The van der Waals surface area contributed by atoms with Gasteiger partial charge < -0.3 is 10.5 Å². The van der Waals surface area contributed by atoms with E-state index in [1.54, 1.807) is 12.3 Å². The van der Waals surface area contributed by atoms with Crippen molar-refractivity contribution in [3.8, 4) is 0 Å². The van der Waals surface area contributed by atoms with Gasteiger partial charge in [-0.15, -0.1) is 0 Å². The number of carbonyl (C=O) groups is 2. The summed E-state index contributed by atoms with van der Waals surface area (Å²) in [5, 5.41) is 6.24. The van der Waals surface area contributed by atoms with Gasteiger partial charge >= 0.3 is 6.03 Å². The van der Waals surface area contributed by atoms with Gasteiger partial charge in [-0.3, -0.25) is 14.8 Å². The summed E-state index contributed by atoms with van der Waals surface area (Å²) in [5.74, 6) is 0.364. The molecule has 0 saturated heterocycles. The SMILES string of the molecule is NC(=O)Nc1ccn(CCOC=O)n1. The molecule has 0 aliphatic rings. The van der Waals surface area contributed by atoms with Crippen LogP contribution < -0.4 is 11.1 Å². The summed E-state index contributed by atoms with van der Waals surface area (Å²) < 4.78 is 6.00. The van der Waals surface area contributed by atoms with Gasteiger partial charge in [0.05, 0.1) is 6.54 Å². The Balaban J connectivity index is 2.42. The summed E-state index contributed by atoms with van der Waals surface area (Å²) in [5.41, 5.74) is 4.89. The summed E-state index contributed by atoms with van der Waals surface area (Å²) in [6.45, 7) is 1.03. The van der Waals surface area contributed by atoms with Gasteiger partial charge in [-0.1, -0.05) is 0 Å². The third-order valence-electron chi connectivity index (χ3n) is 1.40. The minimum Gasteiger partial charge on any atom is -0.466 e. The molecule has 2 amide bonds. The second-order valence-electron chi connectivity index (χ2n) is 2.42. The first-order chi connectivity index (χ1) is 6.72. The summed E-state index contributed by atoms with van der Waals surface area (Å²) >= 11 is 0. The van der Waals surface area contributed by atoms with Crippen molar-refractivity contribution in [1.29, 1.82) is 0 Å². The van der Waals surface area contributed by atoms with Crippen molar-refractivity contribution >= 4 is 18.3 Å². The Bertz CT molecular complexity index is 322. The number of nitrogens with zero attached hydrogens (tertiary/aromatic N) is 2.